The van der Waals surface area contributed by atoms with Crippen LogP contribution in [0.15, 0.2) is 0 Å². The second-order valence-electron chi connectivity index (χ2n) is 8.33. The van der Waals surface area contributed by atoms with Crippen molar-refractivity contribution in [3.63, 3.8) is 0 Å². The molecule has 0 atom stereocenters. The highest BCUT2D eigenvalue weighted by atomic mass is 14.4. The van der Waals surface area contributed by atoms with Crippen LogP contribution in [0.1, 0.15) is 141 Å². The normalized spacial score (nSPS) is 20.4. The Morgan fingerprint density at radius 2 is 0.760 bits per heavy atom. The Hall–Kier alpha value is 0. The highest BCUT2D eigenvalue weighted by molar-refractivity contribution is 4.83. The third-order valence-electron chi connectivity index (χ3n) is 6.94. The quantitative estimate of drug-likeness (QED) is 0.406. The van der Waals surface area contributed by atoms with E-state index >= 15 is 0 Å². The van der Waals surface area contributed by atoms with Gasteiger partial charge in [-0.15, -0.1) is 0 Å². The number of hydrogen-bond acceptors (Lipinski definition) is 0. The van der Waals surface area contributed by atoms with Crippen LogP contribution in [0.2, 0.25) is 0 Å². The molecule has 0 heterocycles. The highest BCUT2D eigenvalue weighted by Crippen LogP contribution is 2.44. The monoisotopic (exact) mass is 356 g/mol. The lowest BCUT2D eigenvalue weighted by Crippen LogP contribution is -2.26. The van der Waals surface area contributed by atoms with Crippen LogP contribution < -0.4 is 0 Å². The molecule has 0 amide bonds. The second kappa shape index (κ2) is 16.2. The number of hydrogen-bond donors (Lipinski definition) is 0. The maximum atomic E-state index is 2.50. The molecule has 0 bridgehead atoms. The van der Waals surface area contributed by atoms with Gasteiger partial charge in [0.15, 0.2) is 0 Å². The van der Waals surface area contributed by atoms with Crippen LogP contribution in [0, 0.1) is 22.7 Å². The minimum Gasteiger partial charge on any atom is -0.0776 e. The maximum absolute atomic E-state index is 2.50. The van der Waals surface area contributed by atoms with Gasteiger partial charge in [-0.05, 0) is 35.5 Å². The summed E-state index contributed by atoms with van der Waals surface area (Å²) in [6.45, 7) is 22.5. The summed E-state index contributed by atoms with van der Waals surface area (Å²) < 4.78 is 0. The molecule has 0 heteroatoms. The lowest BCUT2D eigenvalue weighted by Gasteiger charge is -2.38. The maximum Gasteiger partial charge on any atom is -0.0328 e. The Bertz CT molecular complexity index is 221. The average molecular weight is 357 g/mol. The van der Waals surface area contributed by atoms with Gasteiger partial charge in [0.1, 0.15) is 0 Å². The molecule has 156 valence electrons. The molecule has 0 aromatic heterocycles. The van der Waals surface area contributed by atoms with Gasteiger partial charge >= 0.3 is 0 Å². The summed E-state index contributed by atoms with van der Waals surface area (Å²) in [7, 11) is 0. The molecule has 0 radical (unpaired) electrons. The van der Waals surface area contributed by atoms with Crippen LogP contribution in [0.5, 0.6) is 0 Å². The van der Waals surface area contributed by atoms with Gasteiger partial charge in [0.05, 0.1) is 0 Å². The van der Waals surface area contributed by atoms with E-state index in [1.165, 1.54) is 64.2 Å². The first-order valence-electron chi connectivity index (χ1n) is 11.4. The van der Waals surface area contributed by atoms with Crippen molar-refractivity contribution < 1.29 is 0 Å². The fourth-order valence-corrected chi connectivity index (χ4v) is 4.11. The van der Waals surface area contributed by atoms with Gasteiger partial charge in [-0.1, -0.05) is 128 Å². The van der Waals surface area contributed by atoms with Gasteiger partial charge in [0.25, 0.3) is 0 Å². The van der Waals surface area contributed by atoms with Gasteiger partial charge < -0.3 is 0 Å². The van der Waals surface area contributed by atoms with Crippen molar-refractivity contribution in [1.29, 1.82) is 0 Å². The molecule has 1 saturated carbocycles. The smallest absolute Gasteiger partial charge is 0.0328 e. The van der Waals surface area contributed by atoms with Crippen LogP contribution in [-0.2, 0) is 0 Å². The zero-order valence-electron chi connectivity index (χ0n) is 19.2. The van der Waals surface area contributed by atoms with Crippen LogP contribution >= 0.6 is 0 Å². The fourth-order valence-electron chi connectivity index (χ4n) is 4.11. The molecule has 1 aliphatic rings. The van der Waals surface area contributed by atoms with Crippen LogP contribution in [0.4, 0.5) is 0 Å². The van der Waals surface area contributed by atoms with E-state index in [4.69, 9.17) is 0 Å². The summed E-state index contributed by atoms with van der Waals surface area (Å²) in [5, 5.41) is 0. The molecular formula is C25H56. The molecule has 0 aliphatic heterocycles. The Morgan fingerprint density at radius 3 is 0.920 bits per heavy atom. The first-order chi connectivity index (χ1) is 11.4. The van der Waals surface area contributed by atoms with E-state index in [2.05, 4.69) is 41.5 Å². The summed E-state index contributed by atoms with van der Waals surface area (Å²) in [6.07, 6.45) is 14.4. The minimum absolute atomic E-state index is 0. The Morgan fingerprint density at radius 1 is 0.560 bits per heavy atom. The number of rotatable bonds is 8. The van der Waals surface area contributed by atoms with Gasteiger partial charge in [-0.3, -0.25) is 0 Å². The van der Waals surface area contributed by atoms with Gasteiger partial charge in [-0.2, -0.15) is 0 Å². The van der Waals surface area contributed by atoms with Crippen LogP contribution in [0.25, 0.3) is 0 Å². The van der Waals surface area contributed by atoms with Crippen molar-refractivity contribution in [3.05, 3.63) is 0 Å². The highest BCUT2D eigenvalue weighted by Gasteiger charge is 2.31. The minimum atomic E-state index is 0. The standard InChI is InChI=1S/C20H40.2C2H6.CH4/c1-7-19(5,8-2)15-17-11-13-18(14-12-17)16-20(6,9-3)10-4;2*1-2;/h17-18H,7-16H2,1-6H3;2*1-2H3;1H4. The largest absolute Gasteiger partial charge is 0.0776 e. The molecule has 1 rings (SSSR count). The molecule has 1 aliphatic carbocycles. The van der Waals surface area contributed by atoms with Gasteiger partial charge in [0.2, 0.25) is 0 Å². The third-order valence-corrected chi connectivity index (χ3v) is 6.94. The van der Waals surface area contributed by atoms with E-state index in [0.29, 0.717) is 10.8 Å². The van der Waals surface area contributed by atoms with Crippen molar-refractivity contribution in [3.8, 4) is 0 Å². The Kier molecular flexibility index (Phi) is 19.3. The zero-order chi connectivity index (χ0) is 19.2. The van der Waals surface area contributed by atoms with Crippen LogP contribution in [-0.4, -0.2) is 0 Å². The molecule has 1 fully saturated rings. The van der Waals surface area contributed by atoms with Crippen molar-refractivity contribution in [2.24, 2.45) is 22.7 Å². The van der Waals surface area contributed by atoms with Gasteiger partial charge in [0, 0.05) is 0 Å². The van der Waals surface area contributed by atoms with Crippen molar-refractivity contribution in [2.45, 2.75) is 141 Å². The first kappa shape index (κ1) is 29.8. The summed E-state index contributed by atoms with van der Waals surface area (Å²) in [4.78, 5) is 0. The van der Waals surface area contributed by atoms with E-state index in [0.717, 1.165) is 11.8 Å². The Balaban J connectivity index is -0.000000899. The summed E-state index contributed by atoms with van der Waals surface area (Å²) >= 11 is 0. The van der Waals surface area contributed by atoms with Crippen LogP contribution in [0.3, 0.4) is 0 Å². The summed E-state index contributed by atoms with van der Waals surface area (Å²) in [5.74, 6) is 2.04. The molecule has 0 N–H and O–H groups in total. The average Bonchev–Trinajstić information content (AvgIpc) is 2.66. The second-order valence-corrected chi connectivity index (χ2v) is 8.33. The SMILES string of the molecule is C.CC.CC.CCC(C)(CC)CC1CCC(CC(C)(CC)CC)CC1. The van der Waals surface area contributed by atoms with Gasteiger partial charge in [-0.25, -0.2) is 0 Å². The molecule has 25 heavy (non-hydrogen) atoms. The van der Waals surface area contributed by atoms with Crippen molar-refractivity contribution in [1.82, 2.24) is 0 Å². The van der Waals surface area contributed by atoms with E-state index in [1.54, 1.807) is 0 Å². The van der Waals surface area contributed by atoms with E-state index in [9.17, 15) is 0 Å². The molecule has 0 nitrogen and oxygen atoms in total. The summed E-state index contributed by atoms with van der Waals surface area (Å²) in [6, 6.07) is 0. The molecule has 0 unspecified atom stereocenters. The molecule has 0 saturated heterocycles. The van der Waals surface area contributed by atoms with E-state index < -0.39 is 0 Å². The lowest BCUT2D eigenvalue weighted by molar-refractivity contribution is 0.135. The molecule has 0 spiro atoms. The topological polar surface area (TPSA) is 0 Å². The zero-order valence-corrected chi connectivity index (χ0v) is 19.2. The molecular weight excluding hydrogens is 300 g/mol. The molecule has 0 aromatic carbocycles. The third kappa shape index (κ3) is 11.3. The predicted molar refractivity (Wildman–Crippen MR) is 121 cm³/mol. The van der Waals surface area contributed by atoms with Crippen molar-refractivity contribution >= 4 is 0 Å². The van der Waals surface area contributed by atoms with Crippen molar-refractivity contribution in [2.75, 3.05) is 0 Å². The molecule has 0 aromatic rings. The first-order valence-corrected chi connectivity index (χ1v) is 11.4. The Labute approximate surface area is 164 Å². The lowest BCUT2D eigenvalue weighted by atomic mass is 9.67. The predicted octanol–water partition coefficient (Wildman–Crippen LogP) is 9.91. The fraction of sp³-hybridized carbons (Fsp3) is 1.00. The van der Waals surface area contributed by atoms with E-state index in [-0.39, 0.29) is 7.43 Å². The summed E-state index contributed by atoms with van der Waals surface area (Å²) in [5.41, 5.74) is 1.22. The van der Waals surface area contributed by atoms with E-state index in [1.807, 2.05) is 27.7 Å².